The summed E-state index contributed by atoms with van der Waals surface area (Å²) in [6.45, 7) is 2.23. The minimum Gasteiger partial charge on any atom is -0.394 e. The number of aliphatic hydroxyl groups excluding tert-OH is 3. The van der Waals surface area contributed by atoms with Gasteiger partial charge >= 0.3 is 0 Å². The average Bonchev–Trinajstić information content (AvgIpc) is 3.76. The van der Waals surface area contributed by atoms with E-state index in [4.69, 9.17) is 11.5 Å². The van der Waals surface area contributed by atoms with Crippen LogP contribution in [0.1, 0.15) is 49.8 Å². The topological polar surface area (TPSA) is 332 Å². The lowest BCUT2D eigenvalue weighted by Crippen LogP contribution is -2.62. The first-order chi connectivity index (χ1) is 34.1. The molecule has 10 atom stereocenters. The summed E-state index contributed by atoms with van der Waals surface area (Å²) in [5, 5.41) is 50.5. The van der Waals surface area contributed by atoms with Gasteiger partial charge in [-0.2, -0.15) is 0 Å². The number of aromatic nitrogens is 1. The Kier molecular flexibility index (Phi) is 22.2. The molecule has 20 nitrogen and oxygen atoms in total. The number of aromatic amines is 1. The number of rotatable bonds is 17. The highest BCUT2D eigenvalue weighted by Gasteiger charge is 2.36. The minimum absolute atomic E-state index is 0.0340. The second-order valence-corrected chi connectivity index (χ2v) is 20.0. The van der Waals surface area contributed by atoms with Crippen LogP contribution in [0, 0.1) is 0 Å². The van der Waals surface area contributed by atoms with Crippen molar-refractivity contribution in [3.05, 3.63) is 108 Å². The van der Waals surface area contributed by atoms with Gasteiger partial charge in [-0.05, 0) is 68.8 Å². The van der Waals surface area contributed by atoms with E-state index in [0.29, 0.717) is 24.0 Å². The number of fused-ring (bicyclic) bond motifs is 1. The molecule has 0 radical (unpaired) electrons. The third-order valence-electron chi connectivity index (χ3n) is 11.9. The molecule has 15 N–H and O–H groups in total. The van der Waals surface area contributed by atoms with Crippen molar-refractivity contribution < 1.29 is 48.9 Å². The number of hydrogen-bond acceptors (Lipinski definition) is 14. The van der Waals surface area contributed by atoms with Crippen LogP contribution in [0.2, 0.25) is 0 Å². The van der Waals surface area contributed by atoms with Gasteiger partial charge in [-0.1, -0.05) is 100 Å². The van der Waals surface area contributed by atoms with Crippen LogP contribution in [0.3, 0.4) is 0 Å². The van der Waals surface area contributed by atoms with E-state index in [2.05, 4.69) is 42.2 Å². The Labute approximate surface area is 420 Å². The molecule has 1 aliphatic heterocycles. The molecular weight excluding hydrogens is 953 g/mol. The van der Waals surface area contributed by atoms with Gasteiger partial charge in [0.15, 0.2) is 0 Å². The molecule has 4 aromatic rings. The van der Waals surface area contributed by atoms with E-state index in [1.54, 1.807) is 60.8 Å². The lowest BCUT2D eigenvalue weighted by atomic mass is 10.0. The highest BCUT2D eigenvalue weighted by atomic mass is 33.1. The smallest absolute Gasteiger partial charge is 0.245 e. The summed E-state index contributed by atoms with van der Waals surface area (Å²) >= 11 is 0. The third kappa shape index (κ3) is 17.1. The number of carbonyl (C=O) groups is 7. The molecule has 5 rings (SSSR count). The second kappa shape index (κ2) is 28.1. The Morgan fingerprint density at radius 2 is 1.31 bits per heavy atom. The maximum absolute atomic E-state index is 14.7. The number of H-pyrrole nitrogens is 1. The zero-order valence-electron chi connectivity index (χ0n) is 39.7. The van der Waals surface area contributed by atoms with Gasteiger partial charge in [0.05, 0.1) is 30.9 Å². The van der Waals surface area contributed by atoms with Crippen molar-refractivity contribution in [3.8, 4) is 0 Å². The summed E-state index contributed by atoms with van der Waals surface area (Å²) in [5.74, 6) is -6.01. The molecular formula is C49H66N10O10S2. The highest BCUT2D eigenvalue weighted by Crippen LogP contribution is 2.24. The molecule has 0 aliphatic carbocycles. The Morgan fingerprint density at radius 3 is 1.96 bits per heavy atom. The van der Waals surface area contributed by atoms with Crippen LogP contribution in [0.4, 0.5) is 0 Å². The van der Waals surface area contributed by atoms with Crippen molar-refractivity contribution >= 4 is 73.8 Å². The number of amides is 7. The number of nitrogens with one attached hydrogen (secondary N) is 8. The normalized spacial score (nSPS) is 22.8. The number of carbonyl (C=O) groups excluding carboxylic acids is 7. The zero-order chi connectivity index (χ0) is 51.5. The maximum Gasteiger partial charge on any atom is 0.245 e. The predicted molar refractivity (Wildman–Crippen MR) is 272 cm³/mol. The fraction of sp³-hybridized carbons (Fsp3) is 0.449. The monoisotopic (exact) mass is 1020 g/mol. The lowest BCUT2D eigenvalue weighted by Gasteiger charge is -2.29. The average molecular weight is 1020 g/mol. The van der Waals surface area contributed by atoms with E-state index in [1.807, 2.05) is 30.3 Å². The molecule has 0 bridgehead atoms. The highest BCUT2D eigenvalue weighted by molar-refractivity contribution is 8.76. The number of hydrogen-bond donors (Lipinski definition) is 13. The summed E-state index contributed by atoms with van der Waals surface area (Å²) in [5.41, 5.74) is 15.0. The molecule has 0 spiro atoms. The Hall–Kier alpha value is -6.01. The van der Waals surface area contributed by atoms with Crippen LogP contribution < -0.4 is 48.7 Å². The maximum atomic E-state index is 14.7. The molecule has 384 valence electrons. The van der Waals surface area contributed by atoms with E-state index in [1.165, 1.54) is 13.8 Å². The van der Waals surface area contributed by atoms with E-state index >= 15 is 0 Å². The molecule has 1 saturated heterocycles. The molecule has 2 heterocycles. The van der Waals surface area contributed by atoms with Crippen LogP contribution in [0.15, 0.2) is 91.1 Å². The fourth-order valence-corrected chi connectivity index (χ4v) is 10.1. The minimum atomic E-state index is -1.66. The van der Waals surface area contributed by atoms with E-state index in [9.17, 15) is 48.9 Å². The lowest BCUT2D eigenvalue weighted by molar-refractivity contribution is -0.136. The van der Waals surface area contributed by atoms with Gasteiger partial charge in [0.1, 0.15) is 36.3 Å². The first-order valence-electron chi connectivity index (χ1n) is 23.5. The van der Waals surface area contributed by atoms with Crippen LogP contribution in [0.5, 0.6) is 0 Å². The predicted octanol–water partition coefficient (Wildman–Crippen LogP) is -0.805. The standard InChI is InChI=1S/C49H66N10O10S2/c1-28(61)39(25-60)56-48(68)41-27-71-70-26-40(57-43(63)34(51)21-30-13-5-3-6-14-30)47(67)54-37(22-31-15-7-4-8-16-31)45(65)55-38(23-32-24-52-35-18-10-9-17-33(32)35)46(66)53-36(19-11-12-20-50)44(64)59-42(29(2)62)49(69)58-41/h3-10,13-18,24,28-29,34,36-42,52,60-62H,11-12,19-23,25-27,50-51H2,1-2H3,(H,53,66)(H,54,67)(H,55,65)(H,56,68)(H,57,63)(H,58,69)(H,59,64)/t28-,29-,34-,36-,37-,38-,39-,40+,41+,42-/m1/s1. The molecule has 71 heavy (non-hydrogen) atoms. The van der Waals surface area contributed by atoms with Crippen molar-refractivity contribution in [3.63, 3.8) is 0 Å². The zero-order valence-corrected chi connectivity index (χ0v) is 41.3. The number of aliphatic hydroxyl groups is 3. The van der Waals surface area contributed by atoms with Crippen LogP contribution in [-0.2, 0) is 52.8 Å². The van der Waals surface area contributed by atoms with Crippen LogP contribution >= 0.6 is 21.6 Å². The Bertz CT molecular complexity index is 2400. The van der Waals surface area contributed by atoms with Crippen molar-refractivity contribution in [1.82, 2.24) is 42.2 Å². The molecule has 7 amide bonds. The summed E-state index contributed by atoms with van der Waals surface area (Å²) in [7, 11) is 2.06. The summed E-state index contributed by atoms with van der Waals surface area (Å²) < 4.78 is 0. The largest absolute Gasteiger partial charge is 0.394 e. The second-order valence-electron chi connectivity index (χ2n) is 17.5. The quantitative estimate of drug-likeness (QED) is 0.0455. The first kappa shape index (κ1) is 55.9. The van der Waals surface area contributed by atoms with Crippen LogP contribution in [0.25, 0.3) is 10.9 Å². The summed E-state index contributed by atoms with van der Waals surface area (Å²) in [6.07, 6.45) is -0.156. The van der Waals surface area contributed by atoms with E-state index in [-0.39, 0.29) is 43.7 Å². The van der Waals surface area contributed by atoms with Gasteiger partial charge in [0, 0.05) is 41.4 Å². The number of nitrogens with two attached hydrogens (primary N) is 2. The van der Waals surface area contributed by atoms with Crippen molar-refractivity contribution in [2.75, 3.05) is 24.7 Å². The van der Waals surface area contributed by atoms with Gasteiger partial charge in [0.2, 0.25) is 41.4 Å². The molecule has 1 aliphatic rings. The number of benzene rings is 3. The molecule has 22 heteroatoms. The number of para-hydroxylation sites is 1. The van der Waals surface area contributed by atoms with Crippen LogP contribution in [-0.4, -0.2) is 147 Å². The molecule has 0 unspecified atom stereocenters. The molecule has 1 fully saturated rings. The van der Waals surface area contributed by atoms with Gasteiger partial charge in [-0.3, -0.25) is 33.6 Å². The fourth-order valence-electron chi connectivity index (χ4n) is 7.73. The van der Waals surface area contributed by atoms with Gasteiger partial charge in [-0.15, -0.1) is 0 Å². The van der Waals surface area contributed by atoms with Gasteiger partial charge in [-0.25, -0.2) is 0 Å². The molecule has 1 aromatic heterocycles. The third-order valence-corrected chi connectivity index (χ3v) is 14.3. The van der Waals surface area contributed by atoms with Crippen molar-refractivity contribution in [2.24, 2.45) is 11.5 Å². The first-order valence-corrected chi connectivity index (χ1v) is 26.0. The summed E-state index contributed by atoms with van der Waals surface area (Å²) in [4.78, 5) is 103. The van der Waals surface area contributed by atoms with Gasteiger partial charge < -0.3 is 69.0 Å². The molecule has 0 saturated carbocycles. The Balaban J connectivity index is 1.56. The SMILES string of the molecule is C[C@@H](O)[C@@H](CO)NC(=O)[C@@H]1CSSC[C@H](NC(=O)[C@H](N)Cc2ccccc2)C(=O)N[C@H](Cc2ccccc2)C(=O)N[C@H](Cc2c[nH]c3ccccc23)C(=O)N[C@H](CCCCN)C(=O)N[C@H]([C@@H](C)O)C(=O)N1. The Morgan fingerprint density at radius 1 is 0.718 bits per heavy atom. The number of unbranched alkanes of at least 4 members (excludes halogenated alkanes) is 1. The van der Waals surface area contributed by atoms with Gasteiger partial charge in [0.25, 0.3) is 0 Å². The van der Waals surface area contributed by atoms with E-state index in [0.717, 1.165) is 38.1 Å². The summed E-state index contributed by atoms with van der Waals surface area (Å²) in [6, 6.07) is 14.6. The molecule has 3 aromatic carbocycles. The van der Waals surface area contributed by atoms with Crippen molar-refractivity contribution in [1.29, 1.82) is 0 Å². The van der Waals surface area contributed by atoms with E-state index < -0.39 is 108 Å². The van der Waals surface area contributed by atoms with Crippen molar-refractivity contribution in [2.45, 2.75) is 113 Å².